The highest BCUT2D eigenvalue weighted by Gasteiger charge is 2.31. The summed E-state index contributed by atoms with van der Waals surface area (Å²) in [7, 11) is 1.67. The van der Waals surface area contributed by atoms with E-state index in [2.05, 4.69) is 4.98 Å². The third-order valence-electron chi connectivity index (χ3n) is 2.98. The highest BCUT2D eigenvalue weighted by molar-refractivity contribution is 5.60. The van der Waals surface area contributed by atoms with Crippen molar-refractivity contribution in [1.29, 1.82) is 0 Å². The second kappa shape index (κ2) is 5.50. The number of nitrogens with zero attached hydrogens (tertiary/aromatic N) is 2. The average molecular weight is 281 g/mol. The molecule has 106 valence electrons. The Balaban J connectivity index is 2.30. The largest absolute Gasteiger partial charge is 0.416 e. The summed E-state index contributed by atoms with van der Waals surface area (Å²) < 4.78 is 38.0. The second-order valence-electron chi connectivity index (χ2n) is 4.33. The third kappa shape index (κ3) is 3.08. The number of hydrogen-bond donors (Lipinski definition) is 1. The Morgan fingerprint density at radius 2 is 1.80 bits per heavy atom. The van der Waals surface area contributed by atoms with Crippen molar-refractivity contribution < 1.29 is 13.2 Å². The fourth-order valence-electron chi connectivity index (χ4n) is 1.77. The van der Waals surface area contributed by atoms with Gasteiger partial charge in [-0.1, -0.05) is 12.1 Å². The number of nitrogens with two attached hydrogens (primary N) is 1. The van der Waals surface area contributed by atoms with E-state index in [0.29, 0.717) is 6.54 Å². The lowest BCUT2D eigenvalue weighted by Gasteiger charge is -2.19. The van der Waals surface area contributed by atoms with Gasteiger partial charge in [0.2, 0.25) is 0 Å². The molecule has 0 saturated heterocycles. The van der Waals surface area contributed by atoms with E-state index >= 15 is 0 Å². The maximum Gasteiger partial charge on any atom is 0.416 e. The molecule has 0 aliphatic rings. The number of aromatic nitrogens is 1. The molecule has 2 aromatic rings. The van der Waals surface area contributed by atoms with Crippen LogP contribution in [-0.2, 0) is 12.7 Å². The highest BCUT2D eigenvalue weighted by Crippen LogP contribution is 2.31. The Morgan fingerprint density at radius 3 is 2.35 bits per heavy atom. The summed E-state index contributed by atoms with van der Waals surface area (Å²) >= 11 is 0. The normalized spacial score (nSPS) is 11.4. The van der Waals surface area contributed by atoms with Crippen LogP contribution in [0.5, 0.6) is 0 Å². The molecule has 0 bridgehead atoms. The molecule has 0 aliphatic heterocycles. The fourth-order valence-corrected chi connectivity index (χ4v) is 1.77. The van der Waals surface area contributed by atoms with Crippen LogP contribution in [0.3, 0.4) is 0 Å². The molecule has 0 amide bonds. The third-order valence-corrected chi connectivity index (χ3v) is 2.98. The lowest BCUT2D eigenvalue weighted by Crippen LogP contribution is -2.13. The number of alkyl halides is 3. The molecule has 0 unspecified atom stereocenters. The van der Waals surface area contributed by atoms with Gasteiger partial charge in [0.05, 0.1) is 5.56 Å². The second-order valence-corrected chi connectivity index (χ2v) is 4.33. The van der Waals surface area contributed by atoms with Gasteiger partial charge in [0.25, 0.3) is 0 Å². The van der Waals surface area contributed by atoms with Crippen LogP contribution in [-0.4, -0.2) is 12.0 Å². The first-order valence-electron chi connectivity index (χ1n) is 5.98. The smallest absolute Gasteiger partial charge is 0.329 e. The molecule has 20 heavy (non-hydrogen) atoms. The van der Waals surface area contributed by atoms with Crippen LogP contribution in [0.1, 0.15) is 11.1 Å². The van der Waals surface area contributed by atoms with Gasteiger partial charge in [-0.05, 0) is 29.8 Å². The topological polar surface area (TPSA) is 42.1 Å². The molecular weight excluding hydrogens is 267 g/mol. The molecule has 0 atom stereocenters. The van der Waals surface area contributed by atoms with E-state index < -0.39 is 11.7 Å². The Bertz CT molecular complexity index is 579. The monoisotopic (exact) mass is 281 g/mol. The van der Waals surface area contributed by atoms with E-state index in [1.54, 1.807) is 24.1 Å². The number of benzene rings is 1. The van der Waals surface area contributed by atoms with Crippen LogP contribution < -0.4 is 10.6 Å². The maximum absolute atomic E-state index is 12.7. The Morgan fingerprint density at radius 1 is 1.15 bits per heavy atom. The van der Waals surface area contributed by atoms with Crippen molar-refractivity contribution in [2.75, 3.05) is 11.9 Å². The standard InChI is InChI=1S/C14H14F3N3/c1-20(12-4-2-10(9-18)3-5-12)13-8-11(6-7-19-13)14(15,16)17/h2-8H,9,18H2,1H3. The highest BCUT2D eigenvalue weighted by atomic mass is 19.4. The first kappa shape index (κ1) is 14.3. The summed E-state index contributed by atoms with van der Waals surface area (Å²) in [4.78, 5) is 5.57. The minimum atomic E-state index is -4.37. The van der Waals surface area contributed by atoms with Gasteiger partial charge in [0.15, 0.2) is 0 Å². The molecule has 2 N–H and O–H groups in total. The molecule has 6 heteroatoms. The van der Waals surface area contributed by atoms with E-state index in [1.165, 1.54) is 0 Å². The molecule has 1 heterocycles. The summed E-state index contributed by atoms with van der Waals surface area (Å²) in [6.07, 6.45) is -3.22. The fraction of sp³-hybridized carbons (Fsp3) is 0.214. The molecule has 0 aliphatic carbocycles. The van der Waals surface area contributed by atoms with Crippen molar-refractivity contribution in [3.8, 4) is 0 Å². The van der Waals surface area contributed by atoms with Crippen LogP contribution in [0, 0.1) is 0 Å². The zero-order valence-corrected chi connectivity index (χ0v) is 10.9. The lowest BCUT2D eigenvalue weighted by molar-refractivity contribution is -0.137. The number of anilines is 2. The van der Waals surface area contributed by atoms with Gasteiger partial charge in [-0.25, -0.2) is 4.98 Å². The Hall–Kier alpha value is -2.08. The van der Waals surface area contributed by atoms with Gasteiger partial charge in [0.1, 0.15) is 5.82 Å². The van der Waals surface area contributed by atoms with Crippen LogP contribution in [0.15, 0.2) is 42.6 Å². The molecular formula is C14H14F3N3. The number of pyridine rings is 1. The van der Waals surface area contributed by atoms with Crippen LogP contribution >= 0.6 is 0 Å². The van der Waals surface area contributed by atoms with E-state index in [0.717, 1.165) is 29.6 Å². The molecule has 1 aromatic heterocycles. The molecule has 3 nitrogen and oxygen atoms in total. The van der Waals surface area contributed by atoms with Gasteiger partial charge in [-0.15, -0.1) is 0 Å². The number of rotatable bonds is 3. The van der Waals surface area contributed by atoms with Gasteiger partial charge in [-0.2, -0.15) is 13.2 Å². The molecule has 2 rings (SSSR count). The zero-order valence-electron chi connectivity index (χ0n) is 10.9. The van der Waals surface area contributed by atoms with Crippen molar-refractivity contribution in [2.45, 2.75) is 12.7 Å². The molecule has 1 aromatic carbocycles. The predicted octanol–water partition coefficient (Wildman–Crippen LogP) is 3.33. The Kier molecular flexibility index (Phi) is 3.94. The quantitative estimate of drug-likeness (QED) is 0.938. The first-order valence-corrected chi connectivity index (χ1v) is 5.98. The van der Waals surface area contributed by atoms with Gasteiger partial charge in [-0.3, -0.25) is 0 Å². The van der Waals surface area contributed by atoms with Gasteiger partial charge >= 0.3 is 6.18 Å². The summed E-state index contributed by atoms with van der Waals surface area (Å²) in [5.41, 5.74) is 6.49. The molecule has 0 spiro atoms. The van der Waals surface area contributed by atoms with E-state index in [1.807, 2.05) is 12.1 Å². The zero-order chi connectivity index (χ0) is 14.8. The van der Waals surface area contributed by atoms with E-state index in [-0.39, 0.29) is 5.82 Å². The number of halogens is 3. The molecule has 0 fully saturated rings. The number of hydrogen-bond acceptors (Lipinski definition) is 3. The van der Waals surface area contributed by atoms with Gasteiger partial charge in [0, 0.05) is 25.5 Å². The molecule has 0 radical (unpaired) electrons. The van der Waals surface area contributed by atoms with E-state index in [9.17, 15) is 13.2 Å². The SMILES string of the molecule is CN(c1ccc(CN)cc1)c1cc(C(F)(F)F)ccn1. The van der Waals surface area contributed by atoms with Crippen molar-refractivity contribution in [3.63, 3.8) is 0 Å². The van der Waals surface area contributed by atoms with Crippen LogP contribution in [0.25, 0.3) is 0 Å². The van der Waals surface area contributed by atoms with E-state index in [4.69, 9.17) is 5.73 Å². The minimum Gasteiger partial charge on any atom is -0.329 e. The van der Waals surface area contributed by atoms with Crippen LogP contribution in [0.2, 0.25) is 0 Å². The summed E-state index contributed by atoms with van der Waals surface area (Å²) in [5, 5.41) is 0. The Labute approximate surface area is 114 Å². The first-order chi connectivity index (χ1) is 9.41. The van der Waals surface area contributed by atoms with Crippen molar-refractivity contribution in [2.24, 2.45) is 5.73 Å². The van der Waals surface area contributed by atoms with Crippen molar-refractivity contribution in [1.82, 2.24) is 4.98 Å². The van der Waals surface area contributed by atoms with Crippen molar-refractivity contribution >= 4 is 11.5 Å². The summed E-state index contributed by atoms with van der Waals surface area (Å²) in [6, 6.07) is 9.23. The van der Waals surface area contributed by atoms with Crippen LogP contribution in [0.4, 0.5) is 24.7 Å². The van der Waals surface area contributed by atoms with Crippen molar-refractivity contribution in [3.05, 3.63) is 53.7 Å². The average Bonchev–Trinajstić information content (AvgIpc) is 2.46. The predicted molar refractivity (Wildman–Crippen MR) is 71.6 cm³/mol. The molecule has 0 saturated carbocycles. The van der Waals surface area contributed by atoms with Gasteiger partial charge < -0.3 is 10.6 Å². The lowest BCUT2D eigenvalue weighted by atomic mass is 10.2. The summed E-state index contributed by atoms with van der Waals surface area (Å²) in [6.45, 7) is 0.422. The maximum atomic E-state index is 12.7. The minimum absolute atomic E-state index is 0.236. The summed E-state index contributed by atoms with van der Waals surface area (Å²) in [5.74, 6) is 0.236.